The molecule has 2 aromatic carbocycles. The van der Waals surface area contributed by atoms with Crippen LogP contribution in [0.15, 0.2) is 48.8 Å². The minimum atomic E-state index is -0.947. The molecule has 1 aliphatic carbocycles. The van der Waals surface area contributed by atoms with Gasteiger partial charge in [-0.3, -0.25) is 14.4 Å². The molecule has 0 radical (unpaired) electrons. The summed E-state index contributed by atoms with van der Waals surface area (Å²) in [4.78, 5) is 47.9. The van der Waals surface area contributed by atoms with E-state index in [0.29, 0.717) is 12.0 Å². The smallest absolute Gasteiger partial charge is 0.247 e. The molecular formula is C30H37N5O3. The molecule has 3 atom stereocenters. The molecule has 200 valence electrons. The van der Waals surface area contributed by atoms with E-state index in [1.54, 1.807) is 11.2 Å². The summed E-state index contributed by atoms with van der Waals surface area (Å²) in [5.41, 5.74) is 4.75. The number of carbonyl (C=O) groups excluding carboxylic acids is 3. The number of rotatable bonds is 7. The van der Waals surface area contributed by atoms with Gasteiger partial charge in [0.15, 0.2) is 0 Å². The fraction of sp³-hybridized carbons (Fsp3) is 0.467. The summed E-state index contributed by atoms with van der Waals surface area (Å²) in [5.74, 6) is -0.585. The van der Waals surface area contributed by atoms with Gasteiger partial charge in [0.25, 0.3) is 0 Å². The number of fused-ring (bicyclic) bond motifs is 2. The van der Waals surface area contributed by atoms with Crippen LogP contribution in [0, 0.1) is 11.8 Å². The highest BCUT2D eigenvalue weighted by Crippen LogP contribution is 2.36. The standard InChI is InChI=1S/C30H37N5O3/c1-17(2)12-25-28(36)33-26(22-13-19-8-6-7-9-20(19)14-22)30(38)35(25)27(29(37)32-18(3)4)21-10-11-24-23(15-21)31-16-34(24)5/h6-11,15-18,22,25-27H,12-14H2,1-5H3,(H,32,37)(H,33,36)/t25-,26-,27-/m1/s1. The normalized spacial score (nSPS) is 20.8. The first-order chi connectivity index (χ1) is 18.1. The van der Waals surface area contributed by atoms with E-state index < -0.39 is 18.1 Å². The molecule has 8 heteroatoms. The van der Waals surface area contributed by atoms with Crippen LogP contribution in [0.1, 0.15) is 56.8 Å². The van der Waals surface area contributed by atoms with E-state index in [1.807, 2.05) is 69.6 Å². The van der Waals surface area contributed by atoms with Crippen molar-refractivity contribution in [3.05, 3.63) is 65.5 Å². The molecule has 0 bridgehead atoms. The fourth-order valence-corrected chi connectivity index (χ4v) is 6.00. The molecule has 38 heavy (non-hydrogen) atoms. The van der Waals surface area contributed by atoms with Gasteiger partial charge in [0.1, 0.15) is 18.1 Å². The van der Waals surface area contributed by atoms with Crippen molar-refractivity contribution in [1.29, 1.82) is 0 Å². The minimum absolute atomic E-state index is 0.0570. The van der Waals surface area contributed by atoms with E-state index in [4.69, 9.17) is 0 Å². The Labute approximate surface area is 223 Å². The molecule has 2 N–H and O–H groups in total. The van der Waals surface area contributed by atoms with Crippen molar-refractivity contribution in [1.82, 2.24) is 25.1 Å². The van der Waals surface area contributed by atoms with E-state index in [-0.39, 0.29) is 35.6 Å². The summed E-state index contributed by atoms with van der Waals surface area (Å²) in [6.07, 6.45) is 3.63. The second-order valence-corrected chi connectivity index (χ2v) is 11.5. The van der Waals surface area contributed by atoms with E-state index in [0.717, 1.165) is 23.9 Å². The van der Waals surface area contributed by atoms with Gasteiger partial charge in [0, 0.05) is 13.1 Å². The van der Waals surface area contributed by atoms with Gasteiger partial charge in [-0.2, -0.15) is 0 Å². The molecule has 1 saturated heterocycles. The zero-order chi connectivity index (χ0) is 27.1. The van der Waals surface area contributed by atoms with Crippen molar-refractivity contribution >= 4 is 28.8 Å². The van der Waals surface area contributed by atoms with Crippen LogP contribution in [-0.2, 0) is 34.3 Å². The Morgan fingerprint density at radius 2 is 1.76 bits per heavy atom. The van der Waals surface area contributed by atoms with Crippen molar-refractivity contribution < 1.29 is 14.4 Å². The molecule has 8 nitrogen and oxygen atoms in total. The maximum absolute atomic E-state index is 14.4. The van der Waals surface area contributed by atoms with E-state index in [2.05, 4.69) is 27.8 Å². The molecule has 0 saturated carbocycles. The number of imidazole rings is 1. The molecule has 1 aliphatic heterocycles. The third-order valence-electron chi connectivity index (χ3n) is 7.73. The molecule has 0 spiro atoms. The summed E-state index contributed by atoms with van der Waals surface area (Å²) in [6.45, 7) is 7.84. The zero-order valence-corrected chi connectivity index (χ0v) is 22.8. The van der Waals surface area contributed by atoms with E-state index >= 15 is 0 Å². The predicted molar refractivity (Wildman–Crippen MR) is 146 cm³/mol. The zero-order valence-electron chi connectivity index (χ0n) is 22.8. The second-order valence-electron chi connectivity index (χ2n) is 11.5. The first-order valence-electron chi connectivity index (χ1n) is 13.5. The number of nitrogens with one attached hydrogen (secondary N) is 2. The first-order valence-corrected chi connectivity index (χ1v) is 13.5. The highest BCUT2D eigenvalue weighted by Gasteiger charge is 2.49. The fourth-order valence-electron chi connectivity index (χ4n) is 6.00. The number of nitrogens with zero attached hydrogens (tertiary/aromatic N) is 3. The Morgan fingerprint density at radius 3 is 2.39 bits per heavy atom. The third kappa shape index (κ3) is 4.79. The van der Waals surface area contributed by atoms with Crippen LogP contribution in [0.3, 0.4) is 0 Å². The van der Waals surface area contributed by atoms with Gasteiger partial charge < -0.3 is 20.1 Å². The molecule has 3 amide bonds. The molecule has 5 rings (SSSR count). The Morgan fingerprint density at radius 1 is 1.08 bits per heavy atom. The predicted octanol–water partition coefficient (Wildman–Crippen LogP) is 3.30. The number of hydrogen-bond acceptors (Lipinski definition) is 4. The Kier molecular flexibility index (Phi) is 6.99. The van der Waals surface area contributed by atoms with E-state index in [1.165, 1.54) is 11.1 Å². The van der Waals surface area contributed by atoms with Crippen LogP contribution in [-0.4, -0.2) is 50.3 Å². The number of hydrogen-bond donors (Lipinski definition) is 2. The summed E-state index contributed by atoms with van der Waals surface area (Å²) in [7, 11) is 1.92. The summed E-state index contributed by atoms with van der Waals surface area (Å²) >= 11 is 0. The maximum Gasteiger partial charge on any atom is 0.247 e. The monoisotopic (exact) mass is 515 g/mol. The average molecular weight is 516 g/mol. The molecule has 3 aromatic rings. The highest BCUT2D eigenvalue weighted by molar-refractivity contribution is 6.00. The molecule has 0 unspecified atom stereocenters. The van der Waals surface area contributed by atoms with E-state index in [9.17, 15) is 14.4 Å². The van der Waals surface area contributed by atoms with Gasteiger partial charge in [-0.25, -0.2) is 4.98 Å². The van der Waals surface area contributed by atoms with Crippen molar-refractivity contribution in [3.8, 4) is 0 Å². The Balaban J connectivity index is 1.58. The van der Waals surface area contributed by atoms with Gasteiger partial charge >= 0.3 is 0 Å². The van der Waals surface area contributed by atoms with Gasteiger partial charge in [-0.05, 0) is 73.8 Å². The molecule has 1 fully saturated rings. The number of carbonyl (C=O) groups is 3. The lowest BCUT2D eigenvalue weighted by atomic mass is 9.88. The highest BCUT2D eigenvalue weighted by atomic mass is 16.2. The summed E-state index contributed by atoms with van der Waals surface area (Å²) in [5, 5.41) is 6.08. The molecule has 2 heterocycles. The van der Waals surface area contributed by atoms with Gasteiger partial charge in [0.05, 0.1) is 17.4 Å². The quantitative estimate of drug-likeness (QED) is 0.505. The molecule has 1 aromatic heterocycles. The van der Waals surface area contributed by atoms with Crippen LogP contribution >= 0.6 is 0 Å². The van der Waals surface area contributed by atoms with Crippen LogP contribution in [0.25, 0.3) is 11.0 Å². The average Bonchev–Trinajstić information content (AvgIpc) is 3.45. The summed E-state index contributed by atoms with van der Waals surface area (Å²) < 4.78 is 1.91. The van der Waals surface area contributed by atoms with Crippen molar-refractivity contribution in [2.45, 2.75) is 71.1 Å². The second kappa shape index (κ2) is 10.2. The van der Waals surface area contributed by atoms with Crippen LogP contribution < -0.4 is 10.6 Å². The Bertz CT molecular complexity index is 1350. The topological polar surface area (TPSA) is 96.3 Å². The summed E-state index contributed by atoms with van der Waals surface area (Å²) in [6, 6.07) is 11.4. The SMILES string of the molecule is CC(C)C[C@@H]1C(=O)N[C@H](C2Cc3ccccc3C2)C(=O)N1[C@@H](C(=O)NC(C)C)c1ccc2c(c1)ncn2C. The lowest BCUT2D eigenvalue weighted by molar-refractivity contribution is -0.158. The molecule has 2 aliphatic rings. The van der Waals surface area contributed by atoms with Crippen molar-refractivity contribution in [3.63, 3.8) is 0 Å². The number of piperazine rings is 1. The van der Waals surface area contributed by atoms with Crippen LogP contribution in [0.2, 0.25) is 0 Å². The Hall–Kier alpha value is -3.68. The van der Waals surface area contributed by atoms with Crippen LogP contribution in [0.5, 0.6) is 0 Å². The van der Waals surface area contributed by atoms with Crippen LogP contribution in [0.4, 0.5) is 0 Å². The number of aromatic nitrogens is 2. The van der Waals surface area contributed by atoms with Crippen molar-refractivity contribution in [2.24, 2.45) is 18.9 Å². The maximum atomic E-state index is 14.4. The molecular weight excluding hydrogens is 478 g/mol. The van der Waals surface area contributed by atoms with Gasteiger partial charge in [-0.15, -0.1) is 0 Å². The first kappa shape index (κ1) is 25.9. The lowest BCUT2D eigenvalue weighted by Crippen LogP contribution is -2.67. The third-order valence-corrected chi connectivity index (χ3v) is 7.73. The number of amides is 3. The minimum Gasteiger partial charge on any atom is -0.352 e. The lowest BCUT2D eigenvalue weighted by Gasteiger charge is -2.45. The van der Waals surface area contributed by atoms with Gasteiger partial charge in [-0.1, -0.05) is 44.2 Å². The largest absolute Gasteiger partial charge is 0.352 e. The van der Waals surface area contributed by atoms with Crippen molar-refractivity contribution in [2.75, 3.05) is 0 Å². The van der Waals surface area contributed by atoms with Gasteiger partial charge in [0.2, 0.25) is 17.7 Å². The number of aryl methyl sites for hydroxylation is 1. The number of benzene rings is 2.